The molecule has 0 aliphatic carbocycles. The smallest absolute Gasteiger partial charge is 0.257 e. The third kappa shape index (κ3) is 3.30. The minimum atomic E-state index is 0.000387. The molecule has 7 nitrogen and oxygen atoms in total. The summed E-state index contributed by atoms with van der Waals surface area (Å²) < 4.78 is 10.9. The third-order valence-electron chi connectivity index (χ3n) is 5.81. The molecule has 1 amide bonds. The van der Waals surface area contributed by atoms with E-state index in [2.05, 4.69) is 22.2 Å². The second kappa shape index (κ2) is 7.48. The highest BCUT2D eigenvalue weighted by atomic mass is 16.7. The Hall–Kier alpha value is -3.35. The van der Waals surface area contributed by atoms with Crippen molar-refractivity contribution in [2.45, 2.75) is 39.2 Å². The summed E-state index contributed by atoms with van der Waals surface area (Å²) in [5.74, 6) is 1.40. The number of hydrogen-bond donors (Lipinski definition) is 1. The number of aromatic nitrogens is 2. The van der Waals surface area contributed by atoms with Gasteiger partial charge < -0.3 is 19.7 Å². The maximum absolute atomic E-state index is 13.5. The van der Waals surface area contributed by atoms with Crippen LogP contribution in [0.15, 0.2) is 36.5 Å². The van der Waals surface area contributed by atoms with Gasteiger partial charge in [-0.1, -0.05) is 0 Å². The van der Waals surface area contributed by atoms with Crippen LogP contribution in [0.1, 0.15) is 42.2 Å². The van der Waals surface area contributed by atoms with E-state index in [-0.39, 0.29) is 18.7 Å². The van der Waals surface area contributed by atoms with Gasteiger partial charge in [-0.3, -0.25) is 4.79 Å². The van der Waals surface area contributed by atoms with Crippen LogP contribution in [-0.2, 0) is 0 Å². The largest absolute Gasteiger partial charge is 0.454 e. The number of nitrogens with zero attached hydrogens (tertiary/aromatic N) is 3. The van der Waals surface area contributed by atoms with Crippen molar-refractivity contribution in [3.8, 4) is 11.5 Å². The zero-order valence-corrected chi connectivity index (χ0v) is 17.1. The van der Waals surface area contributed by atoms with Crippen molar-refractivity contribution in [2.24, 2.45) is 0 Å². The molecule has 30 heavy (non-hydrogen) atoms. The molecule has 7 heteroatoms. The van der Waals surface area contributed by atoms with Crippen LogP contribution in [0, 0.1) is 6.92 Å². The predicted molar refractivity (Wildman–Crippen MR) is 114 cm³/mol. The van der Waals surface area contributed by atoms with E-state index in [4.69, 9.17) is 9.47 Å². The van der Waals surface area contributed by atoms with E-state index in [1.807, 2.05) is 42.2 Å². The summed E-state index contributed by atoms with van der Waals surface area (Å²) in [6.07, 6.45) is 4.86. The van der Waals surface area contributed by atoms with Crippen molar-refractivity contribution in [1.82, 2.24) is 14.9 Å². The number of carbonyl (C=O) groups excluding carboxylic acids is 1. The average Bonchev–Trinajstić information content (AvgIpc) is 3.21. The monoisotopic (exact) mass is 404 g/mol. The number of hydrogen-bond acceptors (Lipinski definition) is 6. The molecule has 2 aromatic heterocycles. The summed E-state index contributed by atoms with van der Waals surface area (Å²) in [5.41, 5.74) is 3.58. The number of benzene rings is 1. The normalized spacial score (nSPS) is 17.9. The van der Waals surface area contributed by atoms with Crippen molar-refractivity contribution in [3.63, 3.8) is 0 Å². The Kier molecular flexibility index (Phi) is 4.65. The first-order chi connectivity index (χ1) is 14.6. The van der Waals surface area contributed by atoms with Crippen molar-refractivity contribution in [2.75, 3.05) is 18.7 Å². The first-order valence-corrected chi connectivity index (χ1v) is 10.3. The van der Waals surface area contributed by atoms with Crippen molar-refractivity contribution >= 4 is 28.3 Å². The van der Waals surface area contributed by atoms with E-state index in [9.17, 15) is 4.79 Å². The molecule has 5 rings (SSSR count). The molecule has 1 N–H and O–H groups in total. The van der Waals surface area contributed by atoms with E-state index in [0.29, 0.717) is 22.6 Å². The van der Waals surface area contributed by atoms with Crippen LogP contribution in [0.2, 0.25) is 0 Å². The third-order valence-corrected chi connectivity index (χ3v) is 5.81. The van der Waals surface area contributed by atoms with Crippen molar-refractivity contribution in [3.05, 3.63) is 47.8 Å². The van der Waals surface area contributed by atoms with Crippen LogP contribution in [0.3, 0.4) is 0 Å². The molecular weight excluding hydrogens is 380 g/mol. The number of likely N-dealkylation sites (tertiary alicyclic amines) is 1. The van der Waals surface area contributed by atoms with Gasteiger partial charge in [0.2, 0.25) is 6.79 Å². The molecule has 1 atom stereocenters. The number of piperidine rings is 1. The minimum Gasteiger partial charge on any atom is -0.454 e. The molecule has 3 aromatic rings. The lowest BCUT2D eigenvalue weighted by molar-refractivity contribution is 0.0636. The standard InChI is InChI=1S/C23H24N4O3/c1-14-6-8-17-21(26-16-7-9-19-20(11-16)30-13-29-19)18(12-24-22(17)25-14)23(28)27-10-4-3-5-15(27)2/h6-9,11-12,15H,3-5,10,13H2,1-2H3,(H,24,25,26). The summed E-state index contributed by atoms with van der Waals surface area (Å²) in [6.45, 7) is 5.03. The summed E-state index contributed by atoms with van der Waals surface area (Å²) in [4.78, 5) is 24.5. The fourth-order valence-corrected chi connectivity index (χ4v) is 4.14. The van der Waals surface area contributed by atoms with E-state index < -0.39 is 0 Å². The van der Waals surface area contributed by atoms with Crippen LogP contribution in [0.4, 0.5) is 11.4 Å². The highest BCUT2D eigenvalue weighted by Crippen LogP contribution is 2.37. The number of fused-ring (bicyclic) bond motifs is 2. The lowest BCUT2D eigenvalue weighted by atomic mass is 10.0. The van der Waals surface area contributed by atoms with E-state index >= 15 is 0 Å². The molecule has 0 bridgehead atoms. The Morgan fingerprint density at radius 1 is 1.17 bits per heavy atom. The number of pyridine rings is 2. The summed E-state index contributed by atoms with van der Waals surface area (Å²) >= 11 is 0. The minimum absolute atomic E-state index is 0.000387. The molecule has 0 saturated carbocycles. The van der Waals surface area contributed by atoms with Crippen molar-refractivity contribution < 1.29 is 14.3 Å². The molecule has 154 valence electrons. The predicted octanol–water partition coefficient (Wildman–Crippen LogP) is 4.43. The van der Waals surface area contributed by atoms with Gasteiger partial charge >= 0.3 is 0 Å². The molecule has 1 unspecified atom stereocenters. The molecule has 2 aliphatic rings. The van der Waals surface area contributed by atoms with Gasteiger partial charge in [-0.2, -0.15) is 0 Å². The summed E-state index contributed by atoms with van der Waals surface area (Å²) in [5, 5.41) is 4.25. The van der Waals surface area contributed by atoms with Gasteiger partial charge in [0.05, 0.1) is 11.3 Å². The Morgan fingerprint density at radius 3 is 2.90 bits per heavy atom. The lowest BCUT2D eigenvalue weighted by Gasteiger charge is -2.34. The highest BCUT2D eigenvalue weighted by Gasteiger charge is 2.27. The lowest BCUT2D eigenvalue weighted by Crippen LogP contribution is -2.42. The number of anilines is 2. The quantitative estimate of drug-likeness (QED) is 0.696. The molecule has 1 aromatic carbocycles. The molecule has 1 fully saturated rings. The Balaban J connectivity index is 1.60. The Bertz CT molecular complexity index is 1130. The summed E-state index contributed by atoms with van der Waals surface area (Å²) in [7, 11) is 0. The van der Waals surface area contributed by atoms with Crippen LogP contribution < -0.4 is 14.8 Å². The van der Waals surface area contributed by atoms with Gasteiger partial charge in [-0.25, -0.2) is 9.97 Å². The second-order valence-corrected chi connectivity index (χ2v) is 7.91. The molecule has 0 radical (unpaired) electrons. The van der Waals surface area contributed by atoms with E-state index in [0.717, 1.165) is 48.3 Å². The van der Waals surface area contributed by atoms with E-state index in [1.165, 1.54) is 0 Å². The number of amides is 1. The first kappa shape index (κ1) is 18.7. The van der Waals surface area contributed by atoms with Crippen LogP contribution in [0.5, 0.6) is 11.5 Å². The fraction of sp³-hybridized carbons (Fsp3) is 0.348. The number of rotatable bonds is 3. The Labute approximate surface area is 175 Å². The van der Waals surface area contributed by atoms with Gasteiger partial charge in [0.25, 0.3) is 5.91 Å². The number of nitrogens with one attached hydrogen (secondary N) is 1. The van der Waals surface area contributed by atoms with Crippen LogP contribution in [-0.4, -0.2) is 40.2 Å². The van der Waals surface area contributed by atoms with Gasteiger partial charge in [0.15, 0.2) is 17.1 Å². The number of carbonyl (C=O) groups is 1. The highest BCUT2D eigenvalue weighted by molar-refractivity contribution is 6.07. The number of ether oxygens (including phenoxy) is 2. The SMILES string of the molecule is Cc1ccc2c(Nc3ccc4c(c3)OCO4)c(C(=O)N3CCCCC3C)cnc2n1. The first-order valence-electron chi connectivity index (χ1n) is 10.3. The van der Waals surface area contributed by atoms with Gasteiger partial charge in [-0.05, 0) is 57.4 Å². The van der Waals surface area contributed by atoms with Gasteiger partial charge in [-0.15, -0.1) is 0 Å². The van der Waals surface area contributed by atoms with E-state index in [1.54, 1.807) is 6.20 Å². The van der Waals surface area contributed by atoms with Gasteiger partial charge in [0.1, 0.15) is 0 Å². The van der Waals surface area contributed by atoms with Crippen molar-refractivity contribution in [1.29, 1.82) is 0 Å². The molecular formula is C23H24N4O3. The topological polar surface area (TPSA) is 76.6 Å². The maximum atomic E-state index is 13.5. The molecule has 4 heterocycles. The molecule has 0 spiro atoms. The molecule has 2 aliphatic heterocycles. The Morgan fingerprint density at radius 2 is 2.03 bits per heavy atom. The van der Waals surface area contributed by atoms with Crippen LogP contribution >= 0.6 is 0 Å². The fourth-order valence-electron chi connectivity index (χ4n) is 4.14. The maximum Gasteiger partial charge on any atom is 0.257 e. The molecule has 1 saturated heterocycles. The van der Waals surface area contributed by atoms with Crippen LogP contribution in [0.25, 0.3) is 11.0 Å². The summed E-state index contributed by atoms with van der Waals surface area (Å²) in [6, 6.07) is 9.79. The van der Waals surface area contributed by atoms with Gasteiger partial charge in [0, 0.05) is 41.6 Å². The second-order valence-electron chi connectivity index (χ2n) is 7.91. The average molecular weight is 404 g/mol. The zero-order chi connectivity index (χ0) is 20.7. The number of aryl methyl sites for hydroxylation is 1. The zero-order valence-electron chi connectivity index (χ0n) is 17.1.